The normalized spacial score (nSPS) is 16.8. The highest BCUT2D eigenvalue weighted by atomic mass is 14.9. The molecule has 0 unspecified atom stereocenters. The van der Waals surface area contributed by atoms with Crippen molar-refractivity contribution in [2.24, 2.45) is 7.05 Å². The fraction of sp³-hybridized carbons (Fsp3) is 0.270. The third-order valence-electron chi connectivity index (χ3n) is 9.42. The minimum absolute atomic E-state index is 0.0765. The maximum Gasteiger partial charge on any atom is 0.212 e. The van der Waals surface area contributed by atoms with Crippen molar-refractivity contribution in [3.05, 3.63) is 113 Å². The van der Waals surface area contributed by atoms with Crippen LogP contribution in [0.1, 0.15) is 59.6 Å². The van der Waals surface area contributed by atoms with E-state index in [2.05, 4.69) is 114 Å². The number of aromatic nitrogens is 1. The average Bonchev–Trinajstić information content (AvgIpc) is 2.92. The maximum absolute atomic E-state index is 8.07. The summed E-state index contributed by atoms with van der Waals surface area (Å²) < 4.78 is 26.4. The molecule has 0 bridgehead atoms. The number of aryl methyl sites for hydroxylation is 4. The third kappa shape index (κ3) is 3.48. The van der Waals surface area contributed by atoms with Crippen molar-refractivity contribution in [1.29, 1.82) is 0 Å². The zero-order valence-corrected chi connectivity index (χ0v) is 23.5. The van der Waals surface area contributed by atoms with E-state index >= 15 is 0 Å². The number of hydrogen-bond donors (Lipinski definition) is 0. The average molecular weight is 500 g/mol. The van der Waals surface area contributed by atoms with E-state index in [4.69, 9.17) is 4.11 Å². The van der Waals surface area contributed by atoms with Crippen molar-refractivity contribution in [3.8, 4) is 33.5 Å². The lowest BCUT2D eigenvalue weighted by Gasteiger charge is -2.48. The van der Waals surface area contributed by atoms with Crippen LogP contribution in [0.5, 0.6) is 0 Å². The Labute approximate surface area is 232 Å². The molecular weight excluding hydrogens is 458 g/mol. The van der Waals surface area contributed by atoms with Crippen molar-refractivity contribution in [1.82, 2.24) is 0 Å². The molecule has 0 amide bonds. The Morgan fingerprint density at radius 3 is 1.87 bits per heavy atom. The lowest BCUT2D eigenvalue weighted by molar-refractivity contribution is -0.660. The van der Waals surface area contributed by atoms with E-state index in [9.17, 15) is 0 Å². The van der Waals surface area contributed by atoms with Crippen molar-refractivity contribution in [2.75, 3.05) is 0 Å². The number of benzene rings is 4. The van der Waals surface area contributed by atoms with Crippen LogP contribution in [0.25, 0.3) is 44.3 Å². The summed E-state index contributed by atoms with van der Waals surface area (Å²) >= 11 is 0. The molecule has 0 radical (unpaired) electrons. The van der Waals surface area contributed by atoms with Gasteiger partial charge in [-0.3, -0.25) is 0 Å². The van der Waals surface area contributed by atoms with Crippen LogP contribution in [-0.2, 0) is 17.9 Å². The van der Waals surface area contributed by atoms with Crippen molar-refractivity contribution >= 4 is 10.8 Å². The quantitative estimate of drug-likeness (QED) is 0.213. The van der Waals surface area contributed by atoms with Gasteiger partial charge < -0.3 is 0 Å². The van der Waals surface area contributed by atoms with E-state index in [-0.39, 0.29) is 10.8 Å². The molecule has 0 spiro atoms. The monoisotopic (exact) mass is 499 g/mol. The first-order valence-corrected chi connectivity index (χ1v) is 13.5. The van der Waals surface area contributed by atoms with E-state index in [1.54, 1.807) is 12.1 Å². The van der Waals surface area contributed by atoms with E-state index in [0.717, 1.165) is 22.4 Å². The molecule has 6 rings (SSSR count). The van der Waals surface area contributed by atoms with Gasteiger partial charge in [0.25, 0.3) is 0 Å². The summed E-state index contributed by atoms with van der Waals surface area (Å²) in [7, 11) is 2.06. The van der Waals surface area contributed by atoms with Gasteiger partial charge in [0.15, 0.2) is 6.20 Å². The highest BCUT2D eigenvalue weighted by molar-refractivity contribution is 5.92. The van der Waals surface area contributed by atoms with Crippen LogP contribution < -0.4 is 4.57 Å². The highest BCUT2D eigenvalue weighted by Gasteiger charge is 2.46. The third-order valence-corrected chi connectivity index (χ3v) is 9.42. The summed E-state index contributed by atoms with van der Waals surface area (Å²) in [4.78, 5) is 0. The Hall–Kier alpha value is -3.71. The van der Waals surface area contributed by atoms with Crippen molar-refractivity contribution in [2.45, 2.75) is 59.2 Å². The highest BCUT2D eigenvalue weighted by Crippen LogP contribution is 2.55. The van der Waals surface area contributed by atoms with Gasteiger partial charge in [-0.15, -0.1) is 0 Å². The predicted molar refractivity (Wildman–Crippen MR) is 162 cm³/mol. The van der Waals surface area contributed by atoms with Gasteiger partial charge in [0.05, 0.1) is 0 Å². The number of nitrogens with zero attached hydrogens (tertiary/aromatic N) is 1. The van der Waals surface area contributed by atoms with Crippen molar-refractivity contribution in [3.63, 3.8) is 0 Å². The molecule has 1 aromatic heterocycles. The molecule has 1 aliphatic rings. The summed E-state index contributed by atoms with van der Waals surface area (Å²) in [5.74, 6) is 0. The topological polar surface area (TPSA) is 3.88 Å². The second-order valence-electron chi connectivity index (χ2n) is 12.1. The first-order valence-electron chi connectivity index (χ1n) is 15.0. The van der Waals surface area contributed by atoms with E-state index < -0.39 is 6.85 Å². The molecule has 4 aromatic carbocycles. The number of pyridine rings is 1. The molecule has 1 heteroatoms. The van der Waals surface area contributed by atoms with E-state index in [0.29, 0.717) is 5.56 Å². The van der Waals surface area contributed by atoms with Gasteiger partial charge in [-0.1, -0.05) is 82.3 Å². The second-order valence-corrected chi connectivity index (χ2v) is 12.1. The molecular formula is C37H38N+. The van der Waals surface area contributed by atoms with Gasteiger partial charge in [-0.05, 0) is 105 Å². The lowest BCUT2D eigenvalue weighted by Crippen LogP contribution is -2.43. The predicted octanol–water partition coefficient (Wildman–Crippen LogP) is 9.16. The van der Waals surface area contributed by atoms with E-state index in [1.165, 1.54) is 44.2 Å². The zero-order chi connectivity index (χ0) is 29.5. The molecule has 1 heterocycles. The summed E-state index contributed by atoms with van der Waals surface area (Å²) in [5.41, 5.74) is 11.9. The van der Waals surface area contributed by atoms with Gasteiger partial charge in [-0.25, -0.2) is 4.57 Å². The molecule has 0 aliphatic heterocycles. The molecule has 0 N–H and O–H groups in total. The van der Waals surface area contributed by atoms with E-state index in [1.807, 2.05) is 12.1 Å². The molecule has 0 saturated heterocycles. The molecule has 1 aliphatic carbocycles. The van der Waals surface area contributed by atoms with Crippen LogP contribution in [-0.4, -0.2) is 0 Å². The van der Waals surface area contributed by atoms with Crippen LogP contribution in [0.4, 0.5) is 0 Å². The smallest absolute Gasteiger partial charge is 0.200 e. The first-order chi connectivity index (χ1) is 19.2. The van der Waals surface area contributed by atoms with Crippen LogP contribution in [0.3, 0.4) is 0 Å². The standard InChI is InChI=1S/C37H38N/c1-23-13-9-12-16-28(23)32-22-38(8)35(18-25(32)3)29-21-34-30(17-24(29)2)31-19-26-14-10-11-15-27(26)20-33(31)36(4,5)37(34,6)7/h9-22H,1-8H3/q+1/i1D3. The summed E-state index contributed by atoms with van der Waals surface area (Å²) in [6.07, 6.45) is 2.09. The minimum atomic E-state index is -2.17. The summed E-state index contributed by atoms with van der Waals surface area (Å²) in [6, 6.07) is 27.8. The van der Waals surface area contributed by atoms with Gasteiger partial charge in [0.1, 0.15) is 7.05 Å². The largest absolute Gasteiger partial charge is 0.212 e. The fourth-order valence-electron chi connectivity index (χ4n) is 6.39. The van der Waals surface area contributed by atoms with Crippen LogP contribution in [0.2, 0.25) is 0 Å². The van der Waals surface area contributed by atoms with Gasteiger partial charge in [0.2, 0.25) is 5.69 Å². The van der Waals surface area contributed by atoms with Gasteiger partial charge in [0, 0.05) is 21.3 Å². The number of hydrogen-bond acceptors (Lipinski definition) is 0. The molecule has 0 fully saturated rings. The van der Waals surface area contributed by atoms with Crippen LogP contribution in [0.15, 0.2) is 85.1 Å². The van der Waals surface area contributed by atoms with Gasteiger partial charge in [-0.2, -0.15) is 0 Å². The fourth-order valence-corrected chi connectivity index (χ4v) is 6.39. The Balaban J connectivity index is 1.56. The minimum Gasteiger partial charge on any atom is -0.200 e. The zero-order valence-electron chi connectivity index (χ0n) is 26.5. The summed E-state index contributed by atoms with van der Waals surface area (Å²) in [6.45, 7) is 11.6. The number of rotatable bonds is 2. The molecule has 0 atom stereocenters. The molecule has 1 nitrogen and oxygen atoms in total. The van der Waals surface area contributed by atoms with Gasteiger partial charge >= 0.3 is 0 Å². The molecule has 38 heavy (non-hydrogen) atoms. The Bertz CT molecular complexity index is 1860. The SMILES string of the molecule is [2H]C([2H])([2H])c1ccccc1-c1c[n+](C)c(-c2cc3c(cc2C)-c2cc4ccccc4cc2C(C)(C)C3(C)C)cc1C. The lowest BCUT2D eigenvalue weighted by atomic mass is 9.55. The Morgan fingerprint density at radius 2 is 1.16 bits per heavy atom. The first kappa shape index (κ1) is 21.2. The van der Waals surface area contributed by atoms with Crippen molar-refractivity contribution < 1.29 is 8.68 Å². The number of fused-ring (bicyclic) bond motifs is 4. The maximum atomic E-state index is 8.07. The second kappa shape index (κ2) is 8.40. The summed E-state index contributed by atoms with van der Waals surface area (Å²) in [5, 5.41) is 2.55. The molecule has 190 valence electrons. The van der Waals surface area contributed by atoms with Crippen LogP contribution >= 0.6 is 0 Å². The molecule has 0 saturated carbocycles. The Kier molecular flexibility index (Phi) is 4.70. The molecule has 5 aromatic rings. The Morgan fingerprint density at radius 1 is 0.579 bits per heavy atom. The van der Waals surface area contributed by atoms with Crippen LogP contribution in [0, 0.1) is 20.7 Å².